The lowest BCUT2D eigenvalue weighted by atomic mass is 10.3. The molecule has 0 fully saturated rings. The zero-order chi connectivity index (χ0) is 11.3. The van der Waals surface area contributed by atoms with E-state index in [4.69, 9.17) is 17.3 Å². The Kier molecular flexibility index (Phi) is 4.30. The van der Waals surface area contributed by atoms with Crippen molar-refractivity contribution in [1.82, 2.24) is 9.97 Å². The average molecular weight is 229 g/mol. The smallest absolute Gasteiger partial charge is 0.255 e. The number of amides is 1. The lowest BCUT2D eigenvalue weighted by Gasteiger charge is -2.08. The summed E-state index contributed by atoms with van der Waals surface area (Å²) in [7, 11) is 0. The Bertz CT molecular complexity index is 356. The average Bonchev–Trinajstić information content (AvgIpc) is 2.17. The first-order valence-electron chi connectivity index (χ1n) is 4.71. The van der Waals surface area contributed by atoms with Crippen LogP contribution in [0.25, 0.3) is 0 Å². The van der Waals surface area contributed by atoms with Crippen LogP contribution in [0, 0.1) is 0 Å². The molecule has 0 spiro atoms. The molecule has 0 bridgehead atoms. The van der Waals surface area contributed by atoms with Gasteiger partial charge >= 0.3 is 0 Å². The van der Waals surface area contributed by atoms with Crippen molar-refractivity contribution in [2.75, 3.05) is 11.9 Å². The molecule has 0 saturated carbocycles. The van der Waals surface area contributed by atoms with Gasteiger partial charge in [0.2, 0.25) is 0 Å². The Labute approximate surface area is 93.0 Å². The van der Waals surface area contributed by atoms with Crippen molar-refractivity contribution >= 4 is 23.3 Å². The molecule has 6 heteroatoms. The van der Waals surface area contributed by atoms with Gasteiger partial charge in [-0.25, -0.2) is 9.97 Å². The number of hydrogen-bond acceptors (Lipinski definition) is 4. The molecule has 0 unspecified atom stereocenters. The van der Waals surface area contributed by atoms with Crippen LogP contribution in [0.3, 0.4) is 0 Å². The topological polar surface area (TPSA) is 80.9 Å². The van der Waals surface area contributed by atoms with Crippen molar-refractivity contribution < 1.29 is 4.79 Å². The van der Waals surface area contributed by atoms with E-state index in [1.165, 1.54) is 6.33 Å². The molecule has 0 saturated heterocycles. The molecule has 1 aromatic heterocycles. The van der Waals surface area contributed by atoms with E-state index in [9.17, 15) is 4.79 Å². The second-order valence-electron chi connectivity index (χ2n) is 3.03. The van der Waals surface area contributed by atoms with Gasteiger partial charge in [-0.1, -0.05) is 24.9 Å². The number of anilines is 1. The number of nitrogens with one attached hydrogen (secondary N) is 1. The van der Waals surface area contributed by atoms with Crippen molar-refractivity contribution in [3.63, 3.8) is 0 Å². The third-order valence-electron chi connectivity index (χ3n) is 1.87. The molecule has 5 nitrogen and oxygen atoms in total. The summed E-state index contributed by atoms with van der Waals surface area (Å²) in [5.41, 5.74) is 5.32. The van der Waals surface area contributed by atoms with Crippen molar-refractivity contribution in [2.24, 2.45) is 5.73 Å². The van der Waals surface area contributed by atoms with E-state index in [2.05, 4.69) is 22.2 Å². The van der Waals surface area contributed by atoms with Crippen LogP contribution < -0.4 is 11.1 Å². The molecule has 0 aliphatic carbocycles. The summed E-state index contributed by atoms with van der Waals surface area (Å²) in [6, 6.07) is 0. The van der Waals surface area contributed by atoms with E-state index in [1.807, 2.05) is 0 Å². The lowest BCUT2D eigenvalue weighted by molar-refractivity contribution is 0.100. The standard InChI is InChI=1S/C9H13ClN4O/c1-2-3-4-12-9-6(8(11)15)7(10)13-5-14-9/h5H,2-4H2,1H3,(H2,11,15)(H,12,13,14). The van der Waals surface area contributed by atoms with Crippen LogP contribution in [0.4, 0.5) is 5.82 Å². The second-order valence-corrected chi connectivity index (χ2v) is 3.39. The number of hydrogen-bond donors (Lipinski definition) is 2. The van der Waals surface area contributed by atoms with E-state index in [0.29, 0.717) is 5.82 Å². The molecule has 1 rings (SSSR count). The van der Waals surface area contributed by atoms with E-state index >= 15 is 0 Å². The summed E-state index contributed by atoms with van der Waals surface area (Å²) in [5.74, 6) is -0.226. The predicted molar refractivity (Wildman–Crippen MR) is 59.0 cm³/mol. The SMILES string of the molecule is CCCCNc1ncnc(Cl)c1C(N)=O. The summed E-state index contributed by atoms with van der Waals surface area (Å²) in [6.07, 6.45) is 3.33. The first kappa shape index (κ1) is 11.7. The summed E-state index contributed by atoms with van der Waals surface area (Å²) in [4.78, 5) is 18.7. The number of carbonyl (C=O) groups is 1. The zero-order valence-electron chi connectivity index (χ0n) is 8.46. The highest BCUT2D eigenvalue weighted by Gasteiger charge is 2.14. The number of unbranched alkanes of at least 4 members (excludes halogenated alkanes) is 1. The van der Waals surface area contributed by atoms with Gasteiger partial charge in [0.25, 0.3) is 5.91 Å². The quantitative estimate of drug-likeness (QED) is 0.590. The van der Waals surface area contributed by atoms with E-state index in [1.54, 1.807) is 0 Å². The number of rotatable bonds is 5. The van der Waals surface area contributed by atoms with Gasteiger partial charge in [-0.3, -0.25) is 4.79 Å². The molecule has 0 atom stereocenters. The summed E-state index contributed by atoms with van der Waals surface area (Å²) in [5, 5.41) is 3.08. The fourth-order valence-corrected chi connectivity index (χ4v) is 1.33. The number of nitrogens with zero attached hydrogens (tertiary/aromatic N) is 2. The number of nitrogens with two attached hydrogens (primary N) is 1. The maximum Gasteiger partial charge on any atom is 0.255 e. The number of carbonyl (C=O) groups excluding carboxylic acids is 1. The van der Waals surface area contributed by atoms with Gasteiger partial charge in [-0.15, -0.1) is 0 Å². The van der Waals surface area contributed by atoms with Crippen LogP contribution in [0.5, 0.6) is 0 Å². The molecule has 82 valence electrons. The minimum Gasteiger partial charge on any atom is -0.369 e. The van der Waals surface area contributed by atoms with Gasteiger partial charge in [0.05, 0.1) is 0 Å². The Hall–Kier alpha value is -1.36. The van der Waals surface area contributed by atoms with E-state index in [0.717, 1.165) is 19.4 Å². The van der Waals surface area contributed by atoms with E-state index < -0.39 is 5.91 Å². The van der Waals surface area contributed by atoms with E-state index in [-0.39, 0.29) is 10.7 Å². The van der Waals surface area contributed by atoms with Crippen LogP contribution in [0.15, 0.2) is 6.33 Å². The Morgan fingerprint density at radius 3 is 2.93 bits per heavy atom. The molecule has 0 aromatic carbocycles. The molecule has 1 aromatic rings. The van der Waals surface area contributed by atoms with Crippen LogP contribution in [-0.4, -0.2) is 22.4 Å². The number of aromatic nitrogens is 2. The maximum absolute atomic E-state index is 11.1. The molecule has 1 amide bonds. The molecule has 1 heterocycles. The minimum atomic E-state index is -0.625. The minimum absolute atomic E-state index is 0.0801. The molecular formula is C9H13ClN4O. The second kappa shape index (κ2) is 5.50. The number of primary amides is 1. The van der Waals surface area contributed by atoms with Crippen molar-refractivity contribution in [1.29, 1.82) is 0 Å². The molecule has 3 N–H and O–H groups in total. The highest BCUT2D eigenvalue weighted by molar-refractivity contribution is 6.33. The Balaban J connectivity index is 2.86. The van der Waals surface area contributed by atoms with Crippen molar-refractivity contribution in [3.05, 3.63) is 17.0 Å². The van der Waals surface area contributed by atoms with Gasteiger partial charge in [0, 0.05) is 6.54 Å². The third-order valence-corrected chi connectivity index (χ3v) is 2.16. The van der Waals surface area contributed by atoms with Crippen LogP contribution in [-0.2, 0) is 0 Å². The first-order valence-corrected chi connectivity index (χ1v) is 5.08. The fourth-order valence-electron chi connectivity index (χ4n) is 1.10. The zero-order valence-corrected chi connectivity index (χ0v) is 9.21. The van der Waals surface area contributed by atoms with Gasteiger partial charge in [0.1, 0.15) is 22.9 Å². The molecule has 0 aliphatic heterocycles. The highest BCUT2D eigenvalue weighted by atomic mass is 35.5. The maximum atomic E-state index is 11.1. The lowest BCUT2D eigenvalue weighted by Crippen LogP contribution is -2.17. The summed E-state index contributed by atoms with van der Waals surface area (Å²) < 4.78 is 0. The largest absolute Gasteiger partial charge is 0.369 e. The van der Waals surface area contributed by atoms with Gasteiger partial charge < -0.3 is 11.1 Å². The normalized spacial score (nSPS) is 10.0. The predicted octanol–water partition coefficient (Wildman–Crippen LogP) is 1.44. The molecule has 0 aliphatic rings. The monoisotopic (exact) mass is 228 g/mol. The van der Waals surface area contributed by atoms with Gasteiger partial charge in [-0.05, 0) is 6.42 Å². The highest BCUT2D eigenvalue weighted by Crippen LogP contribution is 2.18. The van der Waals surface area contributed by atoms with Crippen molar-refractivity contribution in [2.45, 2.75) is 19.8 Å². The Morgan fingerprint density at radius 1 is 1.60 bits per heavy atom. The van der Waals surface area contributed by atoms with Crippen molar-refractivity contribution in [3.8, 4) is 0 Å². The van der Waals surface area contributed by atoms with Gasteiger partial charge in [0.15, 0.2) is 0 Å². The number of halogens is 1. The third kappa shape index (κ3) is 3.06. The molecule has 15 heavy (non-hydrogen) atoms. The molecular weight excluding hydrogens is 216 g/mol. The summed E-state index contributed by atoms with van der Waals surface area (Å²) in [6.45, 7) is 2.80. The molecule has 0 radical (unpaired) electrons. The van der Waals surface area contributed by atoms with Gasteiger partial charge in [-0.2, -0.15) is 0 Å². The van der Waals surface area contributed by atoms with Crippen LogP contribution in [0.2, 0.25) is 5.15 Å². The Morgan fingerprint density at radius 2 is 2.33 bits per heavy atom. The first-order chi connectivity index (χ1) is 7.16. The summed E-state index contributed by atoms with van der Waals surface area (Å²) >= 11 is 5.75. The fraction of sp³-hybridized carbons (Fsp3) is 0.444. The van der Waals surface area contributed by atoms with Crippen LogP contribution >= 0.6 is 11.6 Å². The van der Waals surface area contributed by atoms with Crippen LogP contribution in [0.1, 0.15) is 30.1 Å².